The van der Waals surface area contributed by atoms with E-state index in [-0.39, 0.29) is 17.6 Å². The van der Waals surface area contributed by atoms with Crippen molar-refractivity contribution in [3.05, 3.63) is 29.3 Å². The molecule has 1 aliphatic heterocycles. The van der Waals surface area contributed by atoms with E-state index in [0.29, 0.717) is 22.4 Å². The lowest BCUT2D eigenvalue weighted by Crippen LogP contribution is -2.33. The zero-order valence-electron chi connectivity index (χ0n) is 13.5. The van der Waals surface area contributed by atoms with Crippen LogP contribution in [0.5, 0.6) is 0 Å². The summed E-state index contributed by atoms with van der Waals surface area (Å²) in [5, 5.41) is 12.2. The summed E-state index contributed by atoms with van der Waals surface area (Å²) in [5.74, 6) is -0.0130. The third kappa shape index (κ3) is 3.76. The molecule has 0 spiro atoms. The molecule has 1 aliphatic rings. The standard InChI is InChI=1S/C16H18N4O2S2/c1-10-5-3-6-12(11(10)2)17-15-18-19-16(24-15)23-9-14(22)20-8-4-7-13(20)21/h3,5-6H,4,7-9H2,1-2H3,(H,17,18). The summed E-state index contributed by atoms with van der Waals surface area (Å²) in [5.41, 5.74) is 3.38. The van der Waals surface area contributed by atoms with E-state index in [9.17, 15) is 9.59 Å². The van der Waals surface area contributed by atoms with E-state index < -0.39 is 0 Å². The van der Waals surface area contributed by atoms with E-state index in [4.69, 9.17) is 0 Å². The van der Waals surface area contributed by atoms with Gasteiger partial charge >= 0.3 is 0 Å². The SMILES string of the molecule is Cc1cccc(Nc2nnc(SCC(=O)N3CCCC3=O)s2)c1C. The van der Waals surface area contributed by atoms with Gasteiger partial charge in [-0.15, -0.1) is 10.2 Å². The maximum Gasteiger partial charge on any atom is 0.239 e. The van der Waals surface area contributed by atoms with E-state index in [1.807, 2.05) is 12.1 Å². The average Bonchev–Trinajstić information content (AvgIpc) is 3.18. The highest BCUT2D eigenvalue weighted by Gasteiger charge is 2.26. The Morgan fingerprint density at radius 2 is 2.21 bits per heavy atom. The van der Waals surface area contributed by atoms with Gasteiger partial charge in [-0.3, -0.25) is 14.5 Å². The van der Waals surface area contributed by atoms with Gasteiger partial charge in [0, 0.05) is 18.7 Å². The van der Waals surface area contributed by atoms with Crippen molar-refractivity contribution in [1.82, 2.24) is 15.1 Å². The lowest BCUT2D eigenvalue weighted by atomic mass is 10.1. The topological polar surface area (TPSA) is 75.2 Å². The van der Waals surface area contributed by atoms with Crippen LogP contribution in [0.2, 0.25) is 0 Å². The van der Waals surface area contributed by atoms with Crippen LogP contribution in [-0.2, 0) is 9.59 Å². The van der Waals surface area contributed by atoms with Crippen molar-refractivity contribution in [2.24, 2.45) is 0 Å². The highest BCUT2D eigenvalue weighted by atomic mass is 32.2. The number of anilines is 2. The normalized spacial score (nSPS) is 14.2. The first-order valence-electron chi connectivity index (χ1n) is 7.67. The summed E-state index contributed by atoms with van der Waals surface area (Å²) in [4.78, 5) is 24.9. The first kappa shape index (κ1) is 16.9. The van der Waals surface area contributed by atoms with Crippen molar-refractivity contribution < 1.29 is 9.59 Å². The summed E-state index contributed by atoms with van der Waals surface area (Å²) in [7, 11) is 0. The number of hydrogen-bond donors (Lipinski definition) is 1. The van der Waals surface area contributed by atoms with Crippen LogP contribution in [0.15, 0.2) is 22.5 Å². The van der Waals surface area contributed by atoms with Gasteiger partial charge in [-0.2, -0.15) is 0 Å². The Kier molecular flexibility index (Phi) is 5.15. The number of nitrogens with zero attached hydrogens (tertiary/aromatic N) is 3. The fourth-order valence-electron chi connectivity index (χ4n) is 2.43. The van der Waals surface area contributed by atoms with Gasteiger partial charge in [0.2, 0.25) is 16.9 Å². The van der Waals surface area contributed by atoms with Gasteiger partial charge in [0.15, 0.2) is 4.34 Å². The average molecular weight is 362 g/mol. The van der Waals surface area contributed by atoms with Crippen LogP contribution < -0.4 is 5.32 Å². The van der Waals surface area contributed by atoms with Gasteiger partial charge in [-0.05, 0) is 37.5 Å². The van der Waals surface area contributed by atoms with Gasteiger partial charge in [0.05, 0.1) is 5.75 Å². The molecule has 0 unspecified atom stereocenters. The molecule has 6 nitrogen and oxygen atoms in total. The Morgan fingerprint density at radius 3 is 2.96 bits per heavy atom. The summed E-state index contributed by atoms with van der Waals surface area (Å²) >= 11 is 2.72. The van der Waals surface area contributed by atoms with Crippen molar-refractivity contribution >= 4 is 45.7 Å². The maximum absolute atomic E-state index is 12.0. The number of likely N-dealkylation sites (tertiary alicyclic amines) is 1. The zero-order valence-corrected chi connectivity index (χ0v) is 15.2. The number of nitrogens with one attached hydrogen (secondary N) is 1. The Hall–Kier alpha value is -1.93. The number of aromatic nitrogens is 2. The molecule has 24 heavy (non-hydrogen) atoms. The minimum absolute atomic E-state index is 0.0739. The van der Waals surface area contributed by atoms with Crippen molar-refractivity contribution in [2.45, 2.75) is 31.0 Å². The molecule has 2 aromatic rings. The molecule has 1 saturated heterocycles. The molecular formula is C16H18N4O2S2. The smallest absolute Gasteiger partial charge is 0.239 e. The second kappa shape index (κ2) is 7.31. The number of thioether (sulfide) groups is 1. The fraction of sp³-hybridized carbons (Fsp3) is 0.375. The highest BCUT2D eigenvalue weighted by molar-refractivity contribution is 8.01. The molecule has 0 atom stereocenters. The minimum atomic E-state index is -0.151. The summed E-state index contributed by atoms with van der Waals surface area (Å²) in [6.07, 6.45) is 1.23. The molecule has 8 heteroatoms. The molecule has 3 rings (SSSR count). The predicted octanol–water partition coefficient (Wildman–Crippen LogP) is 3.14. The second-order valence-electron chi connectivity index (χ2n) is 5.58. The molecule has 2 heterocycles. The summed E-state index contributed by atoms with van der Waals surface area (Å²) < 4.78 is 0.711. The second-order valence-corrected chi connectivity index (χ2v) is 7.78. The van der Waals surface area contributed by atoms with Crippen molar-refractivity contribution in [2.75, 3.05) is 17.6 Å². The monoisotopic (exact) mass is 362 g/mol. The van der Waals surface area contributed by atoms with E-state index in [0.717, 1.165) is 12.1 Å². The van der Waals surface area contributed by atoms with Crippen molar-refractivity contribution in [3.63, 3.8) is 0 Å². The number of imide groups is 1. The Labute approximate surface area is 148 Å². The molecular weight excluding hydrogens is 344 g/mol. The third-order valence-corrected chi connectivity index (χ3v) is 5.90. The molecule has 1 aromatic heterocycles. The summed E-state index contributed by atoms with van der Waals surface area (Å²) in [6.45, 7) is 4.65. The lowest BCUT2D eigenvalue weighted by Gasteiger charge is -2.11. The fourth-order valence-corrected chi connectivity index (χ4v) is 4.07. The third-order valence-electron chi connectivity index (χ3n) is 3.95. The van der Waals surface area contributed by atoms with Gasteiger partial charge in [-0.25, -0.2) is 0 Å². The van der Waals surface area contributed by atoms with E-state index in [2.05, 4.69) is 35.4 Å². The number of carbonyl (C=O) groups is 2. The molecule has 1 N–H and O–H groups in total. The number of carbonyl (C=O) groups excluding carboxylic acids is 2. The van der Waals surface area contributed by atoms with Gasteiger partial charge in [-0.1, -0.05) is 35.2 Å². The molecule has 0 radical (unpaired) electrons. The van der Waals surface area contributed by atoms with Crippen LogP contribution >= 0.6 is 23.1 Å². The van der Waals surface area contributed by atoms with Crippen LogP contribution in [-0.4, -0.2) is 39.2 Å². The molecule has 1 fully saturated rings. The van der Waals surface area contributed by atoms with Crippen LogP contribution in [0.4, 0.5) is 10.8 Å². The van der Waals surface area contributed by atoms with Gasteiger partial charge < -0.3 is 5.32 Å². The van der Waals surface area contributed by atoms with E-state index in [1.54, 1.807) is 0 Å². The molecule has 1 aromatic carbocycles. The Morgan fingerprint density at radius 1 is 1.38 bits per heavy atom. The summed E-state index contributed by atoms with van der Waals surface area (Å²) in [6, 6.07) is 6.05. The number of aryl methyl sites for hydroxylation is 1. The molecule has 2 amide bonds. The first-order valence-corrected chi connectivity index (χ1v) is 9.47. The van der Waals surface area contributed by atoms with Gasteiger partial charge in [0.25, 0.3) is 0 Å². The molecule has 0 saturated carbocycles. The molecule has 0 bridgehead atoms. The van der Waals surface area contributed by atoms with E-state index in [1.165, 1.54) is 39.1 Å². The highest BCUT2D eigenvalue weighted by Crippen LogP contribution is 2.29. The van der Waals surface area contributed by atoms with Crippen molar-refractivity contribution in [3.8, 4) is 0 Å². The van der Waals surface area contributed by atoms with Crippen molar-refractivity contribution in [1.29, 1.82) is 0 Å². The van der Waals surface area contributed by atoms with Crippen LogP contribution in [0.25, 0.3) is 0 Å². The number of amides is 2. The largest absolute Gasteiger partial charge is 0.330 e. The molecule has 126 valence electrons. The number of hydrogen-bond acceptors (Lipinski definition) is 7. The maximum atomic E-state index is 12.0. The minimum Gasteiger partial charge on any atom is -0.330 e. The van der Waals surface area contributed by atoms with Crippen LogP contribution in [0.1, 0.15) is 24.0 Å². The Bertz CT molecular complexity index is 775. The predicted molar refractivity (Wildman–Crippen MR) is 95.8 cm³/mol. The number of benzene rings is 1. The quantitative estimate of drug-likeness (QED) is 0.824. The molecule has 0 aliphatic carbocycles. The van der Waals surface area contributed by atoms with E-state index >= 15 is 0 Å². The first-order chi connectivity index (χ1) is 11.5. The van der Waals surface area contributed by atoms with Crippen LogP contribution in [0.3, 0.4) is 0 Å². The zero-order chi connectivity index (χ0) is 17.1. The lowest BCUT2D eigenvalue weighted by molar-refractivity contribution is -0.140. The number of rotatable bonds is 5. The van der Waals surface area contributed by atoms with Gasteiger partial charge in [0.1, 0.15) is 0 Å². The Balaban J connectivity index is 1.58. The van der Waals surface area contributed by atoms with Crippen LogP contribution in [0, 0.1) is 13.8 Å².